The molecule has 2 aliphatic rings. The normalized spacial score (nSPS) is 36.0. The maximum absolute atomic E-state index is 6.07. The molecule has 2 rings (SSSR count). The molecule has 1 heterocycles. The number of rotatable bonds is 4. The second-order valence-corrected chi connectivity index (χ2v) is 5.88. The fraction of sp³-hybridized carbons (Fsp3) is 1.00. The lowest BCUT2D eigenvalue weighted by Gasteiger charge is -2.47. The summed E-state index contributed by atoms with van der Waals surface area (Å²) in [6.07, 6.45) is 5.30. The third kappa shape index (κ3) is 2.27. The molecule has 2 N–H and O–H groups in total. The van der Waals surface area contributed by atoms with Crippen LogP contribution in [0.4, 0.5) is 0 Å². The molecule has 0 amide bonds. The highest BCUT2D eigenvalue weighted by Gasteiger charge is 2.44. The van der Waals surface area contributed by atoms with E-state index in [-0.39, 0.29) is 5.54 Å². The molecule has 2 unspecified atom stereocenters. The van der Waals surface area contributed by atoms with Crippen molar-refractivity contribution in [3.05, 3.63) is 0 Å². The highest BCUT2D eigenvalue weighted by molar-refractivity contribution is 5.01. The molecule has 94 valence electrons. The van der Waals surface area contributed by atoms with Crippen LogP contribution in [0.25, 0.3) is 0 Å². The van der Waals surface area contributed by atoms with Crippen LogP contribution < -0.4 is 5.73 Å². The first-order valence-electron chi connectivity index (χ1n) is 6.64. The summed E-state index contributed by atoms with van der Waals surface area (Å²) in [6, 6.07) is 0.787. The standard InChI is InChI=1S/C13H26N2O/c1-10(2)12-8-13(9-14,6-7-16-12)15(3)11-4-5-11/h10-12H,4-9,14H2,1-3H3. The summed E-state index contributed by atoms with van der Waals surface area (Å²) in [5, 5.41) is 0. The molecule has 0 spiro atoms. The van der Waals surface area contributed by atoms with Gasteiger partial charge in [-0.15, -0.1) is 0 Å². The van der Waals surface area contributed by atoms with E-state index in [4.69, 9.17) is 10.5 Å². The van der Waals surface area contributed by atoms with Gasteiger partial charge in [0, 0.05) is 24.7 Å². The van der Waals surface area contributed by atoms with Gasteiger partial charge in [0.2, 0.25) is 0 Å². The van der Waals surface area contributed by atoms with Crippen molar-refractivity contribution in [3.63, 3.8) is 0 Å². The number of nitrogens with two attached hydrogens (primary N) is 1. The summed E-state index contributed by atoms with van der Waals surface area (Å²) in [5.41, 5.74) is 6.27. The van der Waals surface area contributed by atoms with E-state index in [1.165, 1.54) is 12.8 Å². The van der Waals surface area contributed by atoms with Gasteiger partial charge in [-0.3, -0.25) is 4.90 Å². The van der Waals surface area contributed by atoms with Gasteiger partial charge in [-0.2, -0.15) is 0 Å². The van der Waals surface area contributed by atoms with Crippen molar-refractivity contribution in [1.82, 2.24) is 4.90 Å². The third-order valence-corrected chi connectivity index (χ3v) is 4.45. The molecular formula is C13H26N2O. The smallest absolute Gasteiger partial charge is 0.0616 e. The average molecular weight is 226 g/mol. The molecule has 1 saturated carbocycles. The van der Waals surface area contributed by atoms with Crippen LogP contribution in [0, 0.1) is 5.92 Å². The molecule has 16 heavy (non-hydrogen) atoms. The van der Waals surface area contributed by atoms with Crippen LogP contribution >= 0.6 is 0 Å². The Morgan fingerprint density at radius 2 is 2.12 bits per heavy atom. The van der Waals surface area contributed by atoms with E-state index in [1.54, 1.807) is 0 Å². The van der Waals surface area contributed by atoms with Gasteiger partial charge in [-0.05, 0) is 38.6 Å². The highest BCUT2D eigenvalue weighted by atomic mass is 16.5. The van der Waals surface area contributed by atoms with Crippen molar-refractivity contribution < 1.29 is 4.74 Å². The Morgan fingerprint density at radius 3 is 2.62 bits per heavy atom. The summed E-state index contributed by atoms with van der Waals surface area (Å²) in [7, 11) is 2.26. The van der Waals surface area contributed by atoms with Gasteiger partial charge < -0.3 is 10.5 Å². The molecule has 1 saturated heterocycles. The number of nitrogens with zero attached hydrogens (tertiary/aromatic N) is 1. The van der Waals surface area contributed by atoms with Crippen LogP contribution in [0.15, 0.2) is 0 Å². The van der Waals surface area contributed by atoms with E-state index in [2.05, 4.69) is 25.8 Å². The number of hydrogen-bond acceptors (Lipinski definition) is 3. The highest BCUT2D eigenvalue weighted by Crippen LogP contribution is 2.38. The Morgan fingerprint density at radius 1 is 1.44 bits per heavy atom. The zero-order valence-corrected chi connectivity index (χ0v) is 10.9. The number of ether oxygens (including phenoxy) is 1. The lowest BCUT2D eigenvalue weighted by molar-refractivity contribution is -0.0834. The monoisotopic (exact) mass is 226 g/mol. The molecule has 0 aromatic carbocycles. The lowest BCUT2D eigenvalue weighted by atomic mass is 9.82. The topological polar surface area (TPSA) is 38.5 Å². The van der Waals surface area contributed by atoms with Crippen molar-refractivity contribution in [2.75, 3.05) is 20.2 Å². The Bertz CT molecular complexity index is 240. The van der Waals surface area contributed by atoms with Crippen LogP contribution in [0.2, 0.25) is 0 Å². The van der Waals surface area contributed by atoms with Gasteiger partial charge in [-0.25, -0.2) is 0 Å². The Balaban J connectivity index is 2.06. The van der Waals surface area contributed by atoms with E-state index >= 15 is 0 Å². The van der Waals surface area contributed by atoms with Gasteiger partial charge >= 0.3 is 0 Å². The quantitative estimate of drug-likeness (QED) is 0.791. The SMILES string of the molecule is CC(C)C1CC(CN)(N(C)C2CC2)CCO1. The predicted molar refractivity (Wildman–Crippen MR) is 66.4 cm³/mol. The first-order valence-corrected chi connectivity index (χ1v) is 6.64. The Labute approximate surface area is 99.3 Å². The summed E-state index contributed by atoms with van der Waals surface area (Å²) in [4.78, 5) is 2.55. The summed E-state index contributed by atoms with van der Waals surface area (Å²) in [6.45, 7) is 6.13. The maximum Gasteiger partial charge on any atom is 0.0616 e. The molecule has 2 fully saturated rings. The molecule has 2 atom stereocenters. The Hall–Kier alpha value is -0.120. The van der Waals surface area contributed by atoms with Crippen LogP contribution in [0.1, 0.15) is 39.5 Å². The Kier molecular flexibility index (Phi) is 3.57. The zero-order chi connectivity index (χ0) is 11.8. The molecule has 0 bridgehead atoms. The lowest BCUT2D eigenvalue weighted by Crippen LogP contribution is -2.58. The molecule has 0 aromatic heterocycles. The van der Waals surface area contributed by atoms with E-state index in [9.17, 15) is 0 Å². The first-order chi connectivity index (χ1) is 7.59. The van der Waals surface area contributed by atoms with Crippen molar-refractivity contribution in [2.24, 2.45) is 11.7 Å². The van der Waals surface area contributed by atoms with Crippen molar-refractivity contribution in [1.29, 1.82) is 0 Å². The summed E-state index contributed by atoms with van der Waals surface area (Å²) in [5.74, 6) is 0.596. The van der Waals surface area contributed by atoms with Crippen LogP contribution in [0.5, 0.6) is 0 Å². The molecule has 3 nitrogen and oxygen atoms in total. The minimum Gasteiger partial charge on any atom is -0.378 e. The molecular weight excluding hydrogens is 200 g/mol. The second kappa shape index (κ2) is 4.63. The van der Waals surface area contributed by atoms with Crippen molar-refractivity contribution in [2.45, 2.75) is 57.2 Å². The number of hydrogen-bond donors (Lipinski definition) is 1. The second-order valence-electron chi connectivity index (χ2n) is 5.88. The third-order valence-electron chi connectivity index (χ3n) is 4.45. The number of likely N-dealkylation sites (N-methyl/N-ethyl adjacent to an activating group) is 1. The van der Waals surface area contributed by atoms with Gasteiger partial charge in [0.25, 0.3) is 0 Å². The fourth-order valence-corrected chi connectivity index (χ4v) is 2.86. The van der Waals surface area contributed by atoms with Gasteiger partial charge in [-0.1, -0.05) is 13.8 Å². The summed E-state index contributed by atoms with van der Waals surface area (Å²) >= 11 is 0. The van der Waals surface area contributed by atoms with Crippen LogP contribution in [-0.4, -0.2) is 42.8 Å². The van der Waals surface area contributed by atoms with E-state index in [1.807, 2.05) is 0 Å². The van der Waals surface area contributed by atoms with E-state index in [0.29, 0.717) is 12.0 Å². The van der Waals surface area contributed by atoms with Gasteiger partial charge in [0.05, 0.1) is 6.10 Å². The molecule has 0 radical (unpaired) electrons. The minimum absolute atomic E-state index is 0.203. The fourth-order valence-electron chi connectivity index (χ4n) is 2.86. The van der Waals surface area contributed by atoms with Crippen molar-refractivity contribution in [3.8, 4) is 0 Å². The predicted octanol–water partition coefficient (Wildman–Crippen LogP) is 1.61. The average Bonchev–Trinajstić information content (AvgIpc) is 3.12. The van der Waals surface area contributed by atoms with Crippen LogP contribution in [0.3, 0.4) is 0 Å². The molecule has 0 aromatic rings. The molecule has 3 heteroatoms. The molecule has 1 aliphatic carbocycles. The van der Waals surface area contributed by atoms with Crippen molar-refractivity contribution >= 4 is 0 Å². The first kappa shape index (κ1) is 12.3. The molecule has 1 aliphatic heterocycles. The van der Waals surface area contributed by atoms with Crippen LogP contribution in [-0.2, 0) is 4.74 Å². The maximum atomic E-state index is 6.07. The van der Waals surface area contributed by atoms with Gasteiger partial charge in [0.15, 0.2) is 0 Å². The van der Waals surface area contributed by atoms with Gasteiger partial charge in [0.1, 0.15) is 0 Å². The van der Waals surface area contributed by atoms with E-state index < -0.39 is 0 Å². The minimum atomic E-state index is 0.203. The summed E-state index contributed by atoms with van der Waals surface area (Å²) < 4.78 is 5.86. The largest absolute Gasteiger partial charge is 0.378 e. The van der Waals surface area contributed by atoms with E-state index in [0.717, 1.165) is 32.0 Å². The zero-order valence-electron chi connectivity index (χ0n) is 10.9.